The maximum absolute atomic E-state index is 11.7. The first-order valence-corrected chi connectivity index (χ1v) is 13.7. The minimum absolute atomic E-state index is 0.148. The maximum Gasteiger partial charge on any atom is 0.439 e. The van der Waals surface area contributed by atoms with Gasteiger partial charge in [0.05, 0.1) is 25.3 Å². The summed E-state index contributed by atoms with van der Waals surface area (Å²) < 4.78 is 12.9. The molecular formula is C27H32ClN7O3. The summed E-state index contributed by atoms with van der Waals surface area (Å²) in [5, 5.41) is 4.44. The molecule has 6 rings (SSSR count). The minimum Gasteiger partial charge on any atom is -0.377 e. The van der Waals surface area contributed by atoms with Crippen molar-refractivity contribution in [3.05, 3.63) is 39.8 Å². The Bertz CT molecular complexity index is 1490. The Balaban J connectivity index is 1.59. The number of nitrogens with one attached hydrogen (secondary N) is 1. The van der Waals surface area contributed by atoms with Crippen LogP contribution in [0.15, 0.2) is 33.6 Å². The maximum atomic E-state index is 11.7. The molecule has 0 amide bonds. The third kappa shape index (κ3) is 4.71. The number of ether oxygens (including phenoxy) is 1. The molecule has 0 radical (unpaired) electrons. The van der Waals surface area contributed by atoms with Gasteiger partial charge < -0.3 is 14.2 Å². The third-order valence-corrected chi connectivity index (χ3v) is 8.04. The van der Waals surface area contributed by atoms with E-state index in [2.05, 4.69) is 40.4 Å². The highest BCUT2D eigenvalue weighted by atomic mass is 35.5. The number of anilines is 1. The number of nitrogens with zero attached hydrogens (tertiary/aromatic N) is 6. The number of halogens is 1. The highest BCUT2D eigenvalue weighted by molar-refractivity contribution is 6.30. The second-order valence-corrected chi connectivity index (χ2v) is 11.2. The van der Waals surface area contributed by atoms with Gasteiger partial charge in [-0.3, -0.25) is 9.51 Å². The monoisotopic (exact) mass is 537 g/mol. The fraction of sp³-hybridized carbons (Fsp3) is 0.519. The number of fused-ring (bicyclic) bond motifs is 1. The number of rotatable bonds is 5. The summed E-state index contributed by atoms with van der Waals surface area (Å²) in [6.07, 6.45) is 4.83. The predicted octanol–water partition coefficient (Wildman–Crippen LogP) is 4.93. The van der Waals surface area contributed by atoms with Gasteiger partial charge in [0.2, 0.25) is 17.6 Å². The van der Waals surface area contributed by atoms with E-state index in [-0.39, 0.29) is 23.7 Å². The molecular weight excluding hydrogens is 506 g/mol. The van der Waals surface area contributed by atoms with Crippen molar-refractivity contribution in [2.75, 3.05) is 18.1 Å². The number of aromatic amines is 1. The van der Waals surface area contributed by atoms with Crippen LogP contribution in [0.5, 0.6) is 0 Å². The van der Waals surface area contributed by atoms with Crippen LogP contribution in [0.4, 0.5) is 5.95 Å². The van der Waals surface area contributed by atoms with E-state index in [0.29, 0.717) is 35.5 Å². The van der Waals surface area contributed by atoms with Crippen molar-refractivity contribution in [2.24, 2.45) is 11.8 Å². The highest BCUT2D eigenvalue weighted by Gasteiger charge is 2.33. The van der Waals surface area contributed by atoms with Crippen molar-refractivity contribution in [3.63, 3.8) is 0 Å². The summed E-state index contributed by atoms with van der Waals surface area (Å²) in [4.78, 5) is 31.4. The van der Waals surface area contributed by atoms with Crippen molar-refractivity contribution in [3.8, 4) is 22.9 Å². The van der Waals surface area contributed by atoms with Crippen LogP contribution in [0, 0.1) is 11.8 Å². The van der Waals surface area contributed by atoms with Gasteiger partial charge in [0.15, 0.2) is 5.65 Å². The Morgan fingerprint density at radius 2 is 1.82 bits per heavy atom. The standard InChI is InChI=1S/C27H32ClN7O3/c1-15-7-9-18(10-8-15)12-34-22-21(19-5-4-6-20(28)11-19)29-24(25-32-27(36)38-33-25)30-23(22)31-26(34)35-16(2)13-37-14-17(35)3/h4-6,11,15-18H,7-10,12-14H2,1-3H3,(H,32,33,36)/t15-,16-,17-,18-/m1/s1. The number of aromatic nitrogens is 6. The molecule has 11 heteroatoms. The van der Waals surface area contributed by atoms with Crippen LogP contribution in [0.25, 0.3) is 34.1 Å². The van der Waals surface area contributed by atoms with Gasteiger partial charge in [-0.15, -0.1) is 0 Å². The number of imidazole rings is 1. The average Bonchev–Trinajstić information content (AvgIpc) is 3.48. The molecule has 1 aliphatic carbocycles. The van der Waals surface area contributed by atoms with Crippen molar-refractivity contribution in [1.82, 2.24) is 29.7 Å². The second-order valence-electron chi connectivity index (χ2n) is 10.8. The number of hydrogen-bond acceptors (Lipinski definition) is 8. The normalized spacial score (nSPS) is 24.3. The van der Waals surface area contributed by atoms with E-state index in [9.17, 15) is 4.79 Å². The molecule has 1 saturated heterocycles. The molecule has 1 N–H and O–H groups in total. The van der Waals surface area contributed by atoms with Gasteiger partial charge in [0.25, 0.3) is 0 Å². The van der Waals surface area contributed by atoms with Gasteiger partial charge in [-0.1, -0.05) is 48.7 Å². The van der Waals surface area contributed by atoms with Gasteiger partial charge in [-0.2, -0.15) is 4.98 Å². The van der Waals surface area contributed by atoms with Crippen LogP contribution in [0.3, 0.4) is 0 Å². The Labute approximate surface area is 225 Å². The zero-order valence-corrected chi connectivity index (χ0v) is 22.6. The van der Waals surface area contributed by atoms with E-state index in [1.807, 2.05) is 24.3 Å². The third-order valence-electron chi connectivity index (χ3n) is 7.81. The zero-order chi connectivity index (χ0) is 26.4. The fourth-order valence-corrected chi connectivity index (χ4v) is 6.02. The Hall–Kier alpha value is -3.24. The van der Waals surface area contributed by atoms with Crippen molar-refractivity contribution < 1.29 is 9.26 Å². The first-order chi connectivity index (χ1) is 18.4. The van der Waals surface area contributed by atoms with E-state index < -0.39 is 5.76 Å². The van der Waals surface area contributed by atoms with Crippen molar-refractivity contribution in [2.45, 2.75) is 65.1 Å². The van der Waals surface area contributed by atoms with Gasteiger partial charge in [0.1, 0.15) is 11.2 Å². The molecule has 4 aromatic rings. The smallest absolute Gasteiger partial charge is 0.377 e. The van der Waals surface area contributed by atoms with Crippen LogP contribution >= 0.6 is 11.6 Å². The Morgan fingerprint density at radius 1 is 1.05 bits per heavy atom. The van der Waals surface area contributed by atoms with Crippen molar-refractivity contribution in [1.29, 1.82) is 0 Å². The average molecular weight is 538 g/mol. The van der Waals surface area contributed by atoms with E-state index >= 15 is 0 Å². The second kappa shape index (κ2) is 10.1. The quantitative estimate of drug-likeness (QED) is 0.381. The summed E-state index contributed by atoms with van der Waals surface area (Å²) in [5.41, 5.74) is 2.91. The Morgan fingerprint density at radius 3 is 2.50 bits per heavy atom. The molecule has 0 unspecified atom stereocenters. The molecule has 0 spiro atoms. The molecule has 200 valence electrons. The largest absolute Gasteiger partial charge is 0.439 e. The summed E-state index contributed by atoms with van der Waals surface area (Å²) in [7, 11) is 0. The molecule has 2 aliphatic rings. The van der Waals surface area contributed by atoms with Crippen LogP contribution in [0.2, 0.25) is 5.02 Å². The molecule has 3 aromatic heterocycles. The topological polar surface area (TPSA) is 115 Å². The fourth-order valence-electron chi connectivity index (χ4n) is 5.83. The molecule has 1 aromatic carbocycles. The van der Waals surface area contributed by atoms with Crippen LogP contribution < -0.4 is 10.7 Å². The number of hydrogen-bond donors (Lipinski definition) is 1. The number of morpholine rings is 1. The first-order valence-electron chi connectivity index (χ1n) is 13.3. The first kappa shape index (κ1) is 25.1. The van der Waals surface area contributed by atoms with E-state index in [4.69, 9.17) is 35.8 Å². The lowest BCUT2D eigenvalue weighted by atomic mass is 9.83. The highest BCUT2D eigenvalue weighted by Crippen LogP contribution is 2.37. The summed E-state index contributed by atoms with van der Waals surface area (Å²) in [6.45, 7) is 8.76. The molecule has 1 aliphatic heterocycles. The summed E-state index contributed by atoms with van der Waals surface area (Å²) in [6, 6.07) is 7.90. The van der Waals surface area contributed by atoms with Crippen LogP contribution in [0.1, 0.15) is 46.5 Å². The van der Waals surface area contributed by atoms with Gasteiger partial charge >= 0.3 is 5.76 Å². The molecule has 1 saturated carbocycles. The zero-order valence-electron chi connectivity index (χ0n) is 21.9. The molecule has 38 heavy (non-hydrogen) atoms. The predicted molar refractivity (Wildman–Crippen MR) is 145 cm³/mol. The molecule has 4 heterocycles. The van der Waals surface area contributed by atoms with Crippen molar-refractivity contribution >= 4 is 28.7 Å². The van der Waals surface area contributed by atoms with Crippen LogP contribution in [-0.2, 0) is 11.3 Å². The van der Waals surface area contributed by atoms with Crippen LogP contribution in [-0.4, -0.2) is 55.0 Å². The Kier molecular flexibility index (Phi) is 6.69. The van der Waals surface area contributed by atoms with E-state index in [1.165, 1.54) is 25.7 Å². The van der Waals surface area contributed by atoms with E-state index in [1.54, 1.807) is 0 Å². The van der Waals surface area contributed by atoms with Gasteiger partial charge in [-0.25, -0.2) is 14.8 Å². The summed E-state index contributed by atoms with van der Waals surface area (Å²) in [5.74, 6) is 1.90. The van der Waals surface area contributed by atoms with Gasteiger partial charge in [-0.05, 0) is 50.7 Å². The lowest BCUT2D eigenvalue weighted by molar-refractivity contribution is 0.0741. The molecule has 10 nitrogen and oxygen atoms in total. The lowest BCUT2D eigenvalue weighted by Crippen LogP contribution is -2.51. The number of H-pyrrole nitrogens is 1. The SMILES string of the molecule is C[C@@H]1COC[C@@H](C)N1c1nc2nc(-c3noc(=O)[nH]3)nc(-c3cccc(Cl)c3)c2n1C[C@H]1CC[C@H](C)CC1. The molecule has 2 fully saturated rings. The van der Waals surface area contributed by atoms with E-state index in [0.717, 1.165) is 29.5 Å². The van der Waals surface area contributed by atoms with Gasteiger partial charge in [0, 0.05) is 17.1 Å². The number of benzene rings is 1. The minimum atomic E-state index is -0.665. The molecule has 0 bridgehead atoms. The summed E-state index contributed by atoms with van der Waals surface area (Å²) >= 11 is 6.42. The lowest BCUT2D eigenvalue weighted by Gasteiger charge is -2.40. The molecule has 2 atom stereocenters.